The number of thioether (sulfide) groups is 2. The molecule has 0 amide bonds. The number of nitrogen functional groups attached to an aromatic ring is 2. The van der Waals surface area contributed by atoms with Gasteiger partial charge >= 0.3 is 23.5 Å². The predicted molar refractivity (Wildman–Crippen MR) is 211 cm³/mol. The van der Waals surface area contributed by atoms with E-state index in [4.69, 9.17) is 28.8 Å². The van der Waals surface area contributed by atoms with Gasteiger partial charge in [0.2, 0.25) is 0 Å². The maximum atomic E-state index is 12.8. The number of benzene rings is 3. The Morgan fingerprint density at radius 3 is 1.86 bits per heavy atom. The minimum absolute atomic E-state index is 0. The maximum Gasteiger partial charge on any atom is 0.416 e. The van der Waals surface area contributed by atoms with E-state index in [9.17, 15) is 39.5 Å². The van der Waals surface area contributed by atoms with E-state index in [1.54, 1.807) is 44.8 Å². The van der Waals surface area contributed by atoms with Gasteiger partial charge in [0.1, 0.15) is 11.4 Å². The molecule has 2 unspecified atom stereocenters. The lowest BCUT2D eigenvalue weighted by atomic mass is 10.1. The van der Waals surface area contributed by atoms with Crippen molar-refractivity contribution in [3.05, 3.63) is 108 Å². The molecule has 2 atom stereocenters. The van der Waals surface area contributed by atoms with Crippen molar-refractivity contribution in [2.75, 3.05) is 24.8 Å². The van der Waals surface area contributed by atoms with Crippen molar-refractivity contribution in [3.8, 4) is 5.69 Å². The van der Waals surface area contributed by atoms with Crippen LogP contribution in [0, 0.1) is 17.8 Å². The van der Waals surface area contributed by atoms with Crippen LogP contribution in [0.15, 0.2) is 76.5 Å². The Morgan fingerprint density at radius 1 is 0.793 bits per heavy atom. The molecular formula is C35H35F9I2N6OS5. The summed E-state index contributed by atoms with van der Waals surface area (Å²) in [5.41, 5.74) is 14.9. The zero-order valence-corrected chi connectivity index (χ0v) is 39.1. The van der Waals surface area contributed by atoms with Crippen LogP contribution in [0.3, 0.4) is 0 Å². The van der Waals surface area contributed by atoms with E-state index in [1.807, 2.05) is 30.9 Å². The molecule has 0 saturated carbocycles. The highest BCUT2D eigenvalue weighted by Crippen LogP contribution is 2.36. The molecule has 6 aromatic rings. The average molecular weight is 1140 g/mol. The number of imidazole rings is 1. The Kier molecular flexibility index (Phi) is 18.8. The van der Waals surface area contributed by atoms with E-state index in [1.165, 1.54) is 46.9 Å². The van der Waals surface area contributed by atoms with Gasteiger partial charge in [0.25, 0.3) is 0 Å². The van der Waals surface area contributed by atoms with Crippen molar-refractivity contribution >= 4 is 91.5 Å². The van der Waals surface area contributed by atoms with Gasteiger partial charge in [-0.3, -0.25) is 9.47 Å². The molecule has 0 saturated heterocycles. The number of aryl methyl sites for hydroxylation is 2. The Hall–Kier alpha value is -2.27. The number of rotatable bonds is 3. The average Bonchev–Trinajstić information content (AvgIpc) is 3.88. The zero-order valence-electron chi connectivity index (χ0n) is 30.7. The fourth-order valence-corrected chi connectivity index (χ4v) is 9.53. The molecule has 0 radical (unpaired) electrons. The van der Waals surface area contributed by atoms with Crippen LogP contribution in [0.1, 0.15) is 35.0 Å². The van der Waals surface area contributed by atoms with E-state index in [2.05, 4.69) is 4.98 Å². The Morgan fingerprint density at radius 2 is 1.33 bits per heavy atom. The number of nitrogens with zero attached hydrogens (tertiary/aromatic N) is 2. The number of hydrogen-bond acceptors (Lipinski definition) is 8. The molecule has 0 spiro atoms. The van der Waals surface area contributed by atoms with Crippen LogP contribution < -0.4 is 68.7 Å². The highest BCUT2D eigenvalue weighted by Gasteiger charge is 2.37. The SMILES string of the molecule is CO.CSC1SC=C(C)[NH+]1c1cc(C(F)(F)F)ccc1N.Cc1csc(=S)n1-c1cc(C(F)(F)F)ccc1N.Cc1csc2[nH]c3ccc(C(F)(F)F)cc3[n+]12.[I-].[I-]. The third kappa shape index (κ3) is 12.0. The molecule has 0 bridgehead atoms. The number of aromatic amines is 1. The molecule has 318 valence electrons. The Labute approximate surface area is 382 Å². The first-order valence-electron chi connectivity index (χ1n) is 15.9. The number of halogens is 11. The number of quaternary nitrogens is 1. The quantitative estimate of drug-likeness (QED) is 0.0602. The second-order valence-electron chi connectivity index (χ2n) is 11.8. The highest BCUT2D eigenvalue weighted by atomic mass is 127. The fraction of sp³-hybridized carbons (Fsp3) is 0.257. The molecule has 7 nitrogen and oxygen atoms in total. The Bertz CT molecular complexity index is 2410. The van der Waals surface area contributed by atoms with Crippen LogP contribution in [0.4, 0.5) is 56.6 Å². The first-order valence-corrected chi connectivity index (χ1v) is 20.3. The van der Waals surface area contributed by atoms with Gasteiger partial charge in [0, 0.05) is 48.0 Å². The number of H-pyrrole nitrogens is 1. The van der Waals surface area contributed by atoms with Gasteiger partial charge in [-0.05, 0) is 74.8 Å². The molecule has 1 aliphatic rings. The standard InChI is InChI=1S/C12H13F3N2S2.C11H9F3N2S2.C11H7F3N2S.CH4O.2HI/c1-7-6-19-11(18-2)17(7)10-5-8(12(13,14)15)3-4-9(10)16;1-6-5-18-10(17)16(6)9-4-7(11(12,13)14)2-3-8(9)15;1-6-5-17-10-15-8-3-2-7(11(12,13)14)4-9(8)16(6)10;1-2;;/h3-6,11H,16H2,1-2H3;2-5H,15H2,1H3;2-5H,1H3;2H,1H3;2*1H. The number of thiazole rings is 2. The summed E-state index contributed by atoms with van der Waals surface area (Å²) in [4.78, 5) is 4.83. The summed E-state index contributed by atoms with van der Waals surface area (Å²) in [5, 5.41) is 12.7. The molecule has 3 aromatic heterocycles. The summed E-state index contributed by atoms with van der Waals surface area (Å²) in [7, 11) is 1.00. The number of anilines is 2. The van der Waals surface area contributed by atoms with Gasteiger partial charge in [-0.2, -0.15) is 43.9 Å². The van der Waals surface area contributed by atoms with Crippen LogP contribution in [0.25, 0.3) is 21.7 Å². The van der Waals surface area contributed by atoms with Crippen molar-refractivity contribution in [1.82, 2.24) is 9.55 Å². The highest BCUT2D eigenvalue weighted by molar-refractivity contribution is 8.17. The summed E-state index contributed by atoms with van der Waals surface area (Å²) in [5.74, 6) is 0. The minimum Gasteiger partial charge on any atom is -1.00 e. The van der Waals surface area contributed by atoms with Gasteiger partial charge in [-0.1, -0.05) is 34.9 Å². The van der Waals surface area contributed by atoms with Crippen LogP contribution in [0.5, 0.6) is 0 Å². The van der Waals surface area contributed by atoms with E-state index < -0.39 is 35.2 Å². The van der Waals surface area contributed by atoms with E-state index in [-0.39, 0.29) is 64.0 Å². The number of aliphatic hydroxyl groups is 1. The second kappa shape index (κ2) is 21.0. The maximum absolute atomic E-state index is 12.8. The van der Waals surface area contributed by atoms with Crippen LogP contribution in [-0.2, 0) is 18.5 Å². The summed E-state index contributed by atoms with van der Waals surface area (Å²) in [6.07, 6.45) is -11.1. The normalized spacial score (nSPS) is 15.2. The monoisotopic (exact) mass is 1140 g/mol. The number of alkyl halides is 9. The molecular weight excluding hydrogens is 1110 g/mol. The van der Waals surface area contributed by atoms with Gasteiger partial charge in [-0.25, -0.2) is 4.98 Å². The van der Waals surface area contributed by atoms with E-state index in [0.29, 0.717) is 26.4 Å². The number of hydrogen-bond donors (Lipinski definition) is 5. The summed E-state index contributed by atoms with van der Waals surface area (Å²) < 4.78 is 118. The molecule has 3 aromatic carbocycles. The van der Waals surface area contributed by atoms with Crippen LogP contribution in [0.2, 0.25) is 0 Å². The first-order chi connectivity index (χ1) is 26.1. The smallest absolute Gasteiger partial charge is 0.416 e. The summed E-state index contributed by atoms with van der Waals surface area (Å²) in [6, 6.07) is 10.5. The van der Waals surface area contributed by atoms with Gasteiger partial charge in [-0.15, -0.1) is 11.3 Å². The summed E-state index contributed by atoms with van der Waals surface area (Å²) >= 11 is 11.1. The van der Waals surface area contributed by atoms with Gasteiger partial charge in [0.05, 0.1) is 33.8 Å². The largest absolute Gasteiger partial charge is 1.00 e. The Balaban J connectivity index is 0.000000289. The van der Waals surface area contributed by atoms with E-state index in [0.717, 1.165) is 64.4 Å². The van der Waals surface area contributed by atoms with Gasteiger partial charge in [0.15, 0.2) is 25.4 Å². The number of aliphatic hydroxyl groups excluding tert-OH is 1. The van der Waals surface area contributed by atoms with Crippen LogP contribution in [-0.4, -0.2) is 32.7 Å². The van der Waals surface area contributed by atoms with Crippen LogP contribution >= 0.6 is 58.4 Å². The number of aromatic nitrogens is 3. The molecule has 23 heteroatoms. The van der Waals surface area contributed by atoms with E-state index >= 15 is 0 Å². The molecule has 0 fully saturated rings. The zero-order chi connectivity index (χ0) is 41.9. The van der Waals surface area contributed by atoms with Crippen molar-refractivity contribution in [1.29, 1.82) is 0 Å². The van der Waals surface area contributed by atoms with Crippen molar-refractivity contribution in [2.24, 2.45) is 0 Å². The second-order valence-corrected chi connectivity index (χ2v) is 16.4. The molecule has 58 heavy (non-hydrogen) atoms. The topological polar surface area (TPSA) is 102 Å². The third-order valence-corrected chi connectivity index (χ3v) is 12.9. The number of nitrogens with one attached hydrogen (secondary N) is 2. The summed E-state index contributed by atoms with van der Waals surface area (Å²) in [6.45, 7) is 5.54. The van der Waals surface area contributed by atoms with Crippen molar-refractivity contribution in [2.45, 2.75) is 44.0 Å². The molecule has 7 N–H and O–H groups in total. The lowest BCUT2D eigenvalue weighted by Crippen LogP contribution is -3.06. The number of allylic oxidation sites excluding steroid dienone is 1. The van der Waals surface area contributed by atoms with Crippen molar-refractivity contribution in [3.63, 3.8) is 0 Å². The minimum atomic E-state index is -4.39. The lowest BCUT2D eigenvalue weighted by molar-refractivity contribution is -0.782. The van der Waals surface area contributed by atoms with Gasteiger partial charge < -0.3 is 64.5 Å². The molecule has 1 aliphatic heterocycles. The first kappa shape index (κ1) is 51.9. The fourth-order valence-electron chi connectivity index (χ4n) is 5.45. The molecule has 7 rings (SSSR count). The number of fused-ring (bicyclic) bond motifs is 3. The molecule has 4 heterocycles. The lowest BCUT2D eigenvalue weighted by Gasteiger charge is -2.22. The number of nitrogens with two attached hydrogens (primary N) is 2. The molecule has 0 aliphatic carbocycles. The van der Waals surface area contributed by atoms with Crippen molar-refractivity contribution < 1.29 is 102 Å². The predicted octanol–water partition coefficient (Wildman–Crippen LogP) is 4.15. The third-order valence-electron chi connectivity index (χ3n) is 8.08.